The number of nitrogens with two attached hydrogens (primary N) is 1. The van der Waals surface area contributed by atoms with Crippen molar-refractivity contribution < 1.29 is 13.6 Å². The van der Waals surface area contributed by atoms with E-state index in [0.29, 0.717) is 6.42 Å². The first-order valence-electron chi connectivity index (χ1n) is 4.79. The van der Waals surface area contributed by atoms with Crippen molar-refractivity contribution in [3.8, 4) is 0 Å². The summed E-state index contributed by atoms with van der Waals surface area (Å²) in [5, 5.41) is 0. The molecule has 1 aromatic carbocycles. The van der Waals surface area contributed by atoms with Gasteiger partial charge in [0.25, 0.3) is 0 Å². The molecule has 2 nitrogen and oxygen atoms in total. The summed E-state index contributed by atoms with van der Waals surface area (Å²) in [7, 11) is 0. The second-order valence-corrected chi connectivity index (χ2v) is 3.33. The molecular weight excluding hydrogens is 200 g/mol. The van der Waals surface area contributed by atoms with Crippen molar-refractivity contribution in [2.45, 2.75) is 13.3 Å². The van der Waals surface area contributed by atoms with Crippen LogP contribution >= 0.6 is 0 Å². The van der Waals surface area contributed by atoms with Gasteiger partial charge in [-0.05, 0) is 24.6 Å². The molecule has 0 bridgehead atoms. The standard InChI is InChI=1S/C11H13F2NO/c1-2-7(6-14)11(15)8-3-4-9(12)10(13)5-8/h3-5,7H,2,6,14H2,1H3. The summed E-state index contributed by atoms with van der Waals surface area (Å²) in [6.07, 6.45) is 0.592. The average molecular weight is 213 g/mol. The molecule has 0 aliphatic rings. The number of halogens is 2. The minimum absolute atomic E-state index is 0.172. The van der Waals surface area contributed by atoms with Gasteiger partial charge in [-0.15, -0.1) is 0 Å². The van der Waals surface area contributed by atoms with Gasteiger partial charge >= 0.3 is 0 Å². The van der Waals surface area contributed by atoms with Crippen LogP contribution < -0.4 is 5.73 Å². The van der Waals surface area contributed by atoms with Gasteiger partial charge in [-0.25, -0.2) is 8.78 Å². The third-order valence-electron chi connectivity index (χ3n) is 2.35. The molecule has 0 heterocycles. The van der Waals surface area contributed by atoms with Gasteiger partial charge in [0.1, 0.15) is 0 Å². The highest BCUT2D eigenvalue weighted by Gasteiger charge is 2.17. The number of ketones is 1. The normalized spacial score (nSPS) is 12.5. The maximum absolute atomic E-state index is 12.9. The third-order valence-corrected chi connectivity index (χ3v) is 2.35. The Morgan fingerprint density at radius 2 is 2.07 bits per heavy atom. The molecule has 1 unspecified atom stereocenters. The van der Waals surface area contributed by atoms with Crippen LogP contribution in [0.5, 0.6) is 0 Å². The maximum Gasteiger partial charge on any atom is 0.167 e. The van der Waals surface area contributed by atoms with Crippen molar-refractivity contribution >= 4 is 5.78 Å². The fraction of sp³-hybridized carbons (Fsp3) is 0.364. The zero-order valence-electron chi connectivity index (χ0n) is 8.47. The Balaban J connectivity index is 2.96. The van der Waals surface area contributed by atoms with Crippen LogP contribution in [0.3, 0.4) is 0 Å². The van der Waals surface area contributed by atoms with Crippen LogP contribution in [0, 0.1) is 17.6 Å². The van der Waals surface area contributed by atoms with Crippen LogP contribution in [0.4, 0.5) is 8.78 Å². The number of hydrogen-bond acceptors (Lipinski definition) is 2. The Hall–Kier alpha value is -1.29. The number of carbonyl (C=O) groups excluding carboxylic acids is 1. The summed E-state index contributed by atoms with van der Waals surface area (Å²) in [6.45, 7) is 2.05. The summed E-state index contributed by atoms with van der Waals surface area (Å²) in [5.74, 6) is -2.52. The summed E-state index contributed by atoms with van der Waals surface area (Å²) in [5.41, 5.74) is 5.57. The lowest BCUT2D eigenvalue weighted by Gasteiger charge is -2.10. The van der Waals surface area contributed by atoms with E-state index in [1.54, 1.807) is 0 Å². The van der Waals surface area contributed by atoms with Crippen molar-refractivity contribution in [2.75, 3.05) is 6.54 Å². The minimum atomic E-state index is -1.01. The second-order valence-electron chi connectivity index (χ2n) is 3.33. The van der Waals surface area contributed by atoms with E-state index in [2.05, 4.69) is 0 Å². The number of rotatable bonds is 4. The quantitative estimate of drug-likeness (QED) is 0.778. The van der Waals surface area contributed by atoms with Crippen molar-refractivity contribution in [2.24, 2.45) is 11.7 Å². The van der Waals surface area contributed by atoms with Crippen molar-refractivity contribution in [1.82, 2.24) is 0 Å². The Bertz CT molecular complexity index is 362. The topological polar surface area (TPSA) is 43.1 Å². The highest BCUT2D eigenvalue weighted by Crippen LogP contribution is 2.14. The summed E-state index contributed by atoms with van der Waals surface area (Å²) >= 11 is 0. The highest BCUT2D eigenvalue weighted by molar-refractivity contribution is 5.97. The van der Waals surface area contributed by atoms with Crippen LogP contribution in [-0.4, -0.2) is 12.3 Å². The molecule has 15 heavy (non-hydrogen) atoms. The predicted molar refractivity (Wildman–Crippen MR) is 53.5 cm³/mol. The Morgan fingerprint density at radius 3 is 2.53 bits per heavy atom. The molecule has 82 valence electrons. The lowest BCUT2D eigenvalue weighted by Crippen LogP contribution is -2.23. The van der Waals surface area contributed by atoms with Crippen LogP contribution in [0.25, 0.3) is 0 Å². The zero-order chi connectivity index (χ0) is 11.4. The fourth-order valence-corrected chi connectivity index (χ4v) is 1.34. The van der Waals surface area contributed by atoms with E-state index in [4.69, 9.17) is 5.73 Å². The van der Waals surface area contributed by atoms with Gasteiger partial charge in [0.2, 0.25) is 0 Å². The second kappa shape index (κ2) is 4.98. The van der Waals surface area contributed by atoms with Crippen LogP contribution in [-0.2, 0) is 0 Å². The SMILES string of the molecule is CCC(CN)C(=O)c1ccc(F)c(F)c1. The molecule has 0 saturated heterocycles. The Labute approximate surface area is 87.1 Å². The molecular formula is C11H13F2NO. The first-order valence-corrected chi connectivity index (χ1v) is 4.79. The molecule has 1 atom stereocenters. The van der Waals surface area contributed by atoms with Crippen LogP contribution in [0.15, 0.2) is 18.2 Å². The van der Waals surface area contributed by atoms with Crippen LogP contribution in [0.1, 0.15) is 23.7 Å². The van der Waals surface area contributed by atoms with E-state index in [0.717, 1.165) is 12.1 Å². The highest BCUT2D eigenvalue weighted by atomic mass is 19.2. The Kier molecular flexibility index (Phi) is 3.91. The maximum atomic E-state index is 12.9. The van der Waals surface area contributed by atoms with E-state index in [1.165, 1.54) is 6.07 Å². The average Bonchev–Trinajstić information content (AvgIpc) is 2.23. The molecule has 0 spiro atoms. The van der Waals surface area contributed by atoms with Gasteiger partial charge in [0, 0.05) is 18.0 Å². The molecule has 0 saturated carbocycles. The van der Waals surface area contributed by atoms with E-state index in [1.807, 2.05) is 6.92 Å². The minimum Gasteiger partial charge on any atom is -0.330 e. The lowest BCUT2D eigenvalue weighted by atomic mass is 9.95. The smallest absolute Gasteiger partial charge is 0.167 e. The summed E-state index contributed by atoms with van der Waals surface area (Å²) in [6, 6.07) is 3.14. The molecule has 2 N–H and O–H groups in total. The predicted octanol–water partition coefficient (Wildman–Crippen LogP) is 2.13. The number of hydrogen-bond donors (Lipinski definition) is 1. The third kappa shape index (κ3) is 2.59. The molecule has 1 aromatic rings. The van der Waals surface area contributed by atoms with Crippen molar-refractivity contribution in [1.29, 1.82) is 0 Å². The molecule has 0 amide bonds. The van der Waals surface area contributed by atoms with Gasteiger partial charge in [-0.1, -0.05) is 6.92 Å². The molecule has 0 aliphatic carbocycles. The van der Waals surface area contributed by atoms with E-state index >= 15 is 0 Å². The molecule has 0 radical (unpaired) electrons. The van der Waals surface area contributed by atoms with Crippen molar-refractivity contribution in [3.05, 3.63) is 35.4 Å². The fourth-order valence-electron chi connectivity index (χ4n) is 1.34. The largest absolute Gasteiger partial charge is 0.330 e. The summed E-state index contributed by atoms with van der Waals surface area (Å²) in [4.78, 5) is 11.7. The number of Topliss-reactive ketones (excluding diaryl/α,β-unsaturated/α-hetero) is 1. The molecule has 1 rings (SSSR count). The Morgan fingerprint density at radius 1 is 1.40 bits per heavy atom. The van der Waals surface area contributed by atoms with Gasteiger partial charge in [0.05, 0.1) is 0 Å². The summed E-state index contributed by atoms with van der Waals surface area (Å²) < 4.78 is 25.5. The van der Waals surface area contributed by atoms with E-state index < -0.39 is 11.6 Å². The monoisotopic (exact) mass is 213 g/mol. The van der Waals surface area contributed by atoms with E-state index in [-0.39, 0.29) is 23.8 Å². The number of benzene rings is 1. The van der Waals surface area contributed by atoms with Gasteiger partial charge in [-0.2, -0.15) is 0 Å². The van der Waals surface area contributed by atoms with Crippen molar-refractivity contribution in [3.63, 3.8) is 0 Å². The molecule has 0 aromatic heterocycles. The van der Waals surface area contributed by atoms with Gasteiger partial charge in [-0.3, -0.25) is 4.79 Å². The molecule has 0 fully saturated rings. The van der Waals surface area contributed by atoms with Crippen LogP contribution in [0.2, 0.25) is 0 Å². The number of carbonyl (C=O) groups is 1. The first kappa shape index (κ1) is 11.8. The van der Waals surface area contributed by atoms with E-state index in [9.17, 15) is 13.6 Å². The molecule has 0 aliphatic heterocycles. The molecule has 4 heteroatoms. The lowest BCUT2D eigenvalue weighted by molar-refractivity contribution is 0.0921. The van der Waals surface area contributed by atoms with Gasteiger partial charge < -0.3 is 5.73 Å². The van der Waals surface area contributed by atoms with Gasteiger partial charge in [0.15, 0.2) is 17.4 Å². The zero-order valence-corrected chi connectivity index (χ0v) is 8.47. The first-order chi connectivity index (χ1) is 7.10.